The van der Waals surface area contributed by atoms with Crippen molar-refractivity contribution in [3.8, 4) is 5.75 Å². The number of hydrogen-bond donors (Lipinski definition) is 0. The third-order valence-electron chi connectivity index (χ3n) is 3.61. The van der Waals surface area contributed by atoms with Gasteiger partial charge in [-0.15, -0.1) is 0 Å². The second-order valence-corrected chi connectivity index (χ2v) is 5.20. The highest BCUT2D eigenvalue weighted by Crippen LogP contribution is 2.41. The van der Waals surface area contributed by atoms with Crippen LogP contribution in [0.4, 0.5) is 22.0 Å². The Morgan fingerprint density at radius 2 is 1.80 bits per heavy atom. The molecule has 0 radical (unpaired) electrons. The molecule has 0 amide bonds. The Bertz CT molecular complexity index is 452. The molecule has 2 atom stereocenters. The molecule has 112 valence electrons. The molecule has 1 aliphatic rings. The van der Waals surface area contributed by atoms with Gasteiger partial charge in [0.1, 0.15) is 5.75 Å². The second-order valence-electron chi connectivity index (χ2n) is 5.20. The van der Waals surface area contributed by atoms with Crippen molar-refractivity contribution in [1.82, 2.24) is 0 Å². The summed E-state index contributed by atoms with van der Waals surface area (Å²) in [6.45, 7) is 1.67. The summed E-state index contributed by atoms with van der Waals surface area (Å²) in [6, 6.07) is 4.27. The number of halogens is 5. The third-order valence-corrected chi connectivity index (χ3v) is 3.61. The molecular weight excluding hydrogens is 279 g/mol. The van der Waals surface area contributed by atoms with Crippen molar-refractivity contribution in [1.29, 1.82) is 0 Å². The normalized spacial score (nSPS) is 23.6. The first-order valence-corrected chi connectivity index (χ1v) is 6.39. The van der Waals surface area contributed by atoms with Crippen LogP contribution < -0.4 is 4.74 Å². The molecule has 6 heteroatoms. The van der Waals surface area contributed by atoms with E-state index in [0.717, 1.165) is 12.1 Å². The second kappa shape index (κ2) is 5.22. The largest absolute Gasteiger partial charge is 0.490 e. The molecule has 2 rings (SSSR count). The average Bonchev–Trinajstić information content (AvgIpc) is 2.69. The minimum atomic E-state index is -4.39. The van der Waals surface area contributed by atoms with Crippen molar-refractivity contribution in [3.05, 3.63) is 29.8 Å². The molecule has 0 N–H and O–H groups in total. The number of ether oxygens (including phenoxy) is 1. The van der Waals surface area contributed by atoms with Crippen molar-refractivity contribution >= 4 is 0 Å². The molecule has 0 aliphatic heterocycles. The standard InChI is InChI=1S/C14H15F5O/c1-9(10-6-7-13(15,16)8-10)20-12-4-2-11(3-5-12)14(17,18)19/h2-5,9-10H,6-8H2,1H3/t9?,10-/m1/s1. The fourth-order valence-electron chi connectivity index (χ4n) is 2.42. The summed E-state index contributed by atoms with van der Waals surface area (Å²) in [5.41, 5.74) is -0.759. The van der Waals surface area contributed by atoms with Crippen LogP contribution in [0.1, 0.15) is 31.7 Å². The van der Waals surface area contributed by atoms with E-state index in [4.69, 9.17) is 4.74 Å². The molecule has 1 nitrogen and oxygen atoms in total. The summed E-state index contributed by atoms with van der Waals surface area (Å²) in [6.07, 6.45) is -4.85. The minimum absolute atomic E-state index is 0.154. The summed E-state index contributed by atoms with van der Waals surface area (Å²) < 4.78 is 68.8. The van der Waals surface area contributed by atoms with Crippen LogP contribution in [0.5, 0.6) is 5.75 Å². The molecule has 0 saturated heterocycles. The van der Waals surface area contributed by atoms with Crippen molar-refractivity contribution in [3.63, 3.8) is 0 Å². The predicted molar refractivity (Wildman–Crippen MR) is 63.8 cm³/mol. The van der Waals surface area contributed by atoms with Gasteiger partial charge in [-0.05, 0) is 37.6 Å². The lowest BCUT2D eigenvalue weighted by atomic mass is 10.0. The van der Waals surface area contributed by atoms with Gasteiger partial charge in [-0.1, -0.05) is 0 Å². The highest BCUT2D eigenvalue weighted by molar-refractivity contribution is 5.29. The lowest BCUT2D eigenvalue weighted by molar-refractivity contribution is -0.137. The lowest BCUT2D eigenvalue weighted by Crippen LogP contribution is -2.23. The van der Waals surface area contributed by atoms with E-state index in [0.29, 0.717) is 6.42 Å². The maximum absolute atomic E-state index is 13.1. The zero-order valence-corrected chi connectivity index (χ0v) is 10.9. The molecule has 20 heavy (non-hydrogen) atoms. The lowest BCUT2D eigenvalue weighted by Gasteiger charge is -2.21. The van der Waals surface area contributed by atoms with Crippen molar-refractivity contribution < 1.29 is 26.7 Å². The van der Waals surface area contributed by atoms with E-state index in [1.54, 1.807) is 6.92 Å². The average molecular weight is 294 g/mol. The van der Waals surface area contributed by atoms with Gasteiger partial charge < -0.3 is 4.74 Å². The topological polar surface area (TPSA) is 9.23 Å². The van der Waals surface area contributed by atoms with Crippen LogP contribution >= 0.6 is 0 Å². The van der Waals surface area contributed by atoms with E-state index in [2.05, 4.69) is 0 Å². The molecule has 0 aromatic heterocycles. The first kappa shape index (κ1) is 15.1. The van der Waals surface area contributed by atoms with E-state index in [-0.39, 0.29) is 24.5 Å². The molecule has 0 spiro atoms. The van der Waals surface area contributed by atoms with E-state index >= 15 is 0 Å². The highest BCUT2D eigenvalue weighted by Gasteiger charge is 2.42. The Morgan fingerprint density at radius 3 is 2.25 bits per heavy atom. The number of hydrogen-bond acceptors (Lipinski definition) is 1. The summed E-state index contributed by atoms with van der Waals surface area (Å²) in [7, 11) is 0. The number of alkyl halides is 5. The molecule has 1 aliphatic carbocycles. The first-order valence-electron chi connectivity index (χ1n) is 6.39. The molecular formula is C14H15F5O. The zero-order valence-electron chi connectivity index (χ0n) is 10.9. The quantitative estimate of drug-likeness (QED) is 0.720. The fraction of sp³-hybridized carbons (Fsp3) is 0.571. The molecule has 0 bridgehead atoms. The van der Waals surface area contributed by atoms with Gasteiger partial charge in [0.25, 0.3) is 0 Å². The highest BCUT2D eigenvalue weighted by atomic mass is 19.4. The van der Waals surface area contributed by atoms with Gasteiger partial charge in [-0.3, -0.25) is 0 Å². The van der Waals surface area contributed by atoms with Crippen LogP contribution in [-0.4, -0.2) is 12.0 Å². The van der Waals surface area contributed by atoms with Crippen LogP contribution in [0.25, 0.3) is 0 Å². The van der Waals surface area contributed by atoms with E-state index < -0.39 is 23.8 Å². The Kier molecular flexibility index (Phi) is 3.93. The van der Waals surface area contributed by atoms with Gasteiger partial charge in [-0.25, -0.2) is 8.78 Å². The Hall–Kier alpha value is -1.33. The van der Waals surface area contributed by atoms with Gasteiger partial charge in [0.15, 0.2) is 0 Å². The third kappa shape index (κ3) is 3.61. The molecule has 0 heterocycles. The number of rotatable bonds is 3. The molecule has 1 aromatic rings. The van der Waals surface area contributed by atoms with Gasteiger partial charge in [0.2, 0.25) is 5.92 Å². The maximum atomic E-state index is 13.1. The molecule has 1 aromatic carbocycles. The molecule has 1 fully saturated rings. The fourth-order valence-corrected chi connectivity index (χ4v) is 2.42. The SMILES string of the molecule is CC(Oc1ccc(C(F)(F)F)cc1)[C@@H]1CCC(F)(F)C1. The number of benzene rings is 1. The monoisotopic (exact) mass is 294 g/mol. The Morgan fingerprint density at radius 1 is 1.20 bits per heavy atom. The van der Waals surface area contributed by atoms with Crippen LogP contribution in [0.2, 0.25) is 0 Å². The van der Waals surface area contributed by atoms with Crippen LogP contribution in [0.3, 0.4) is 0 Å². The van der Waals surface area contributed by atoms with Crippen LogP contribution in [-0.2, 0) is 6.18 Å². The summed E-state index contributed by atoms with van der Waals surface area (Å²) >= 11 is 0. The smallest absolute Gasteiger partial charge is 0.416 e. The zero-order chi connectivity index (χ0) is 15.0. The Labute approximate surface area is 113 Å². The predicted octanol–water partition coefficient (Wildman–Crippen LogP) is 4.91. The van der Waals surface area contributed by atoms with E-state index in [1.165, 1.54) is 12.1 Å². The van der Waals surface area contributed by atoms with E-state index in [1.807, 2.05) is 0 Å². The summed E-state index contributed by atoms with van der Waals surface area (Å²) in [4.78, 5) is 0. The van der Waals surface area contributed by atoms with Crippen molar-refractivity contribution in [2.45, 2.75) is 44.4 Å². The van der Waals surface area contributed by atoms with Crippen LogP contribution in [0, 0.1) is 5.92 Å². The molecule has 1 unspecified atom stereocenters. The van der Waals surface area contributed by atoms with Gasteiger partial charge in [-0.2, -0.15) is 13.2 Å². The van der Waals surface area contributed by atoms with E-state index in [9.17, 15) is 22.0 Å². The molecule has 1 saturated carbocycles. The van der Waals surface area contributed by atoms with Crippen molar-refractivity contribution in [2.24, 2.45) is 5.92 Å². The van der Waals surface area contributed by atoms with Crippen LogP contribution in [0.15, 0.2) is 24.3 Å². The van der Waals surface area contributed by atoms with Gasteiger partial charge in [0, 0.05) is 18.8 Å². The van der Waals surface area contributed by atoms with Gasteiger partial charge in [0.05, 0.1) is 11.7 Å². The van der Waals surface area contributed by atoms with Crippen molar-refractivity contribution in [2.75, 3.05) is 0 Å². The summed E-state index contributed by atoms with van der Waals surface area (Å²) in [5.74, 6) is -2.66. The van der Waals surface area contributed by atoms with Gasteiger partial charge >= 0.3 is 6.18 Å². The minimum Gasteiger partial charge on any atom is -0.490 e. The first-order chi connectivity index (χ1) is 9.17. The summed E-state index contributed by atoms with van der Waals surface area (Å²) in [5, 5.41) is 0. The maximum Gasteiger partial charge on any atom is 0.416 e. The Balaban J connectivity index is 1.97.